The number of furan rings is 1. The van der Waals surface area contributed by atoms with Gasteiger partial charge in [0.15, 0.2) is 0 Å². The second kappa shape index (κ2) is 7.82. The molecule has 0 unspecified atom stereocenters. The van der Waals surface area contributed by atoms with E-state index in [2.05, 4.69) is 34.4 Å². The van der Waals surface area contributed by atoms with Gasteiger partial charge in [0, 0.05) is 11.4 Å². The normalized spacial score (nSPS) is 10.8. The number of aryl methyl sites for hydroxylation is 1. The lowest BCUT2D eigenvalue weighted by Crippen LogP contribution is -2.16. The maximum Gasteiger partial charge on any atom is 0.274 e. The molecule has 2 N–H and O–H groups in total. The van der Waals surface area contributed by atoms with E-state index in [1.54, 1.807) is 12.3 Å². The van der Waals surface area contributed by atoms with E-state index in [-0.39, 0.29) is 5.91 Å². The highest BCUT2D eigenvalue weighted by Crippen LogP contribution is 2.18. The molecule has 0 saturated carbocycles. The maximum atomic E-state index is 12.5. The zero-order chi connectivity index (χ0) is 18.5. The molecule has 0 aliphatic heterocycles. The van der Waals surface area contributed by atoms with Crippen LogP contribution in [-0.4, -0.2) is 15.9 Å². The average Bonchev–Trinajstić information content (AvgIpc) is 3.13. The Bertz CT molecular complexity index is 871. The monoisotopic (exact) mass is 350 g/mol. The van der Waals surface area contributed by atoms with Crippen molar-refractivity contribution in [3.8, 4) is 0 Å². The van der Waals surface area contributed by atoms with E-state index in [4.69, 9.17) is 4.42 Å². The van der Waals surface area contributed by atoms with E-state index in [0.29, 0.717) is 29.8 Å². The van der Waals surface area contributed by atoms with E-state index in [1.165, 1.54) is 5.56 Å². The van der Waals surface area contributed by atoms with Crippen molar-refractivity contribution in [3.05, 3.63) is 71.4 Å². The number of anilines is 2. The van der Waals surface area contributed by atoms with Crippen LogP contribution in [0.15, 0.2) is 53.1 Å². The number of carbonyl (C=O) groups is 1. The van der Waals surface area contributed by atoms with Crippen LogP contribution in [0, 0.1) is 6.92 Å². The Morgan fingerprint density at radius 1 is 1.15 bits per heavy atom. The van der Waals surface area contributed by atoms with Gasteiger partial charge in [-0.05, 0) is 48.7 Å². The van der Waals surface area contributed by atoms with Gasteiger partial charge in [0.05, 0.1) is 12.8 Å². The highest BCUT2D eigenvalue weighted by atomic mass is 16.3. The molecule has 2 aromatic heterocycles. The first kappa shape index (κ1) is 17.7. The van der Waals surface area contributed by atoms with Crippen LogP contribution in [0.1, 0.15) is 47.3 Å². The summed E-state index contributed by atoms with van der Waals surface area (Å²) in [7, 11) is 0. The summed E-state index contributed by atoms with van der Waals surface area (Å²) in [6.45, 7) is 6.55. The van der Waals surface area contributed by atoms with Crippen LogP contribution in [0.4, 0.5) is 11.6 Å². The van der Waals surface area contributed by atoms with Crippen LogP contribution in [-0.2, 0) is 6.54 Å². The van der Waals surface area contributed by atoms with Crippen molar-refractivity contribution >= 4 is 17.5 Å². The molecule has 0 atom stereocenters. The van der Waals surface area contributed by atoms with Gasteiger partial charge >= 0.3 is 0 Å². The predicted octanol–water partition coefficient (Wildman–Crippen LogP) is 4.37. The fourth-order valence-corrected chi connectivity index (χ4v) is 2.49. The summed E-state index contributed by atoms with van der Waals surface area (Å²) in [4.78, 5) is 21.1. The maximum absolute atomic E-state index is 12.5. The van der Waals surface area contributed by atoms with Gasteiger partial charge in [0.25, 0.3) is 5.91 Å². The Kier molecular flexibility index (Phi) is 5.31. The highest BCUT2D eigenvalue weighted by molar-refractivity contribution is 6.03. The Morgan fingerprint density at radius 3 is 2.58 bits per heavy atom. The topological polar surface area (TPSA) is 80.0 Å². The predicted molar refractivity (Wildman–Crippen MR) is 101 cm³/mol. The number of hydrogen-bond donors (Lipinski definition) is 2. The van der Waals surface area contributed by atoms with Gasteiger partial charge in [0.1, 0.15) is 11.5 Å². The molecule has 2 heterocycles. The molecule has 6 heteroatoms. The number of nitrogens with zero attached hydrogens (tertiary/aromatic N) is 2. The fraction of sp³-hybridized carbons (Fsp3) is 0.250. The Hall–Kier alpha value is -3.15. The van der Waals surface area contributed by atoms with E-state index < -0.39 is 0 Å². The van der Waals surface area contributed by atoms with Gasteiger partial charge in [-0.25, -0.2) is 9.97 Å². The van der Waals surface area contributed by atoms with Gasteiger partial charge in [-0.3, -0.25) is 4.79 Å². The fourth-order valence-electron chi connectivity index (χ4n) is 2.49. The lowest BCUT2D eigenvalue weighted by Gasteiger charge is -2.10. The van der Waals surface area contributed by atoms with Gasteiger partial charge < -0.3 is 15.1 Å². The molecule has 3 aromatic rings. The average molecular weight is 350 g/mol. The zero-order valence-corrected chi connectivity index (χ0v) is 15.1. The number of aromatic nitrogens is 2. The molecule has 134 valence electrons. The largest absolute Gasteiger partial charge is 0.467 e. The molecule has 0 fully saturated rings. The molecule has 0 aliphatic carbocycles. The summed E-state index contributed by atoms with van der Waals surface area (Å²) >= 11 is 0. The molecule has 6 nitrogen and oxygen atoms in total. The third kappa shape index (κ3) is 4.47. The van der Waals surface area contributed by atoms with Crippen LogP contribution in [0.2, 0.25) is 0 Å². The Labute approximate surface area is 152 Å². The molecule has 26 heavy (non-hydrogen) atoms. The molecule has 0 aliphatic rings. The van der Waals surface area contributed by atoms with Crippen molar-refractivity contribution in [1.82, 2.24) is 9.97 Å². The van der Waals surface area contributed by atoms with E-state index in [0.717, 1.165) is 11.4 Å². The van der Waals surface area contributed by atoms with Crippen LogP contribution in [0.5, 0.6) is 0 Å². The lowest BCUT2D eigenvalue weighted by molar-refractivity contribution is 0.102. The first-order chi connectivity index (χ1) is 12.5. The van der Waals surface area contributed by atoms with Crippen molar-refractivity contribution in [2.24, 2.45) is 0 Å². The van der Waals surface area contributed by atoms with Crippen LogP contribution < -0.4 is 10.6 Å². The summed E-state index contributed by atoms with van der Waals surface area (Å²) in [6.07, 6.45) is 1.61. The van der Waals surface area contributed by atoms with Gasteiger partial charge in [0.2, 0.25) is 5.95 Å². The molecular formula is C20H22N4O2. The molecule has 3 rings (SSSR count). The number of amides is 1. The van der Waals surface area contributed by atoms with E-state index in [9.17, 15) is 4.79 Å². The number of benzene rings is 1. The van der Waals surface area contributed by atoms with Crippen molar-refractivity contribution in [2.75, 3.05) is 10.6 Å². The summed E-state index contributed by atoms with van der Waals surface area (Å²) < 4.78 is 5.27. The van der Waals surface area contributed by atoms with Crippen molar-refractivity contribution in [2.45, 2.75) is 33.2 Å². The van der Waals surface area contributed by atoms with Crippen molar-refractivity contribution in [3.63, 3.8) is 0 Å². The third-order valence-electron chi connectivity index (χ3n) is 3.92. The van der Waals surface area contributed by atoms with Gasteiger partial charge in [-0.2, -0.15) is 0 Å². The summed E-state index contributed by atoms with van der Waals surface area (Å²) in [5, 5.41) is 5.94. The number of rotatable bonds is 6. The Morgan fingerprint density at radius 2 is 1.92 bits per heavy atom. The number of hydrogen-bond acceptors (Lipinski definition) is 5. The molecular weight excluding hydrogens is 328 g/mol. The standard InChI is InChI=1S/C20H22N4O2/c1-13(2)15-6-8-16(9-7-15)23-19(25)18-11-14(3)22-20(24-18)21-12-17-5-4-10-26-17/h4-11,13H,12H2,1-3H3,(H,23,25)(H,21,22,24). The quantitative estimate of drug-likeness (QED) is 0.690. The first-order valence-corrected chi connectivity index (χ1v) is 8.54. The zero-order valence-electron chi connectivity index (χ0n) is 15.1. The number of carbonyl (C=O) groups excluding carboxylic acids is 1. The van der Waals surface area contributed by atoms with Crippen molar-refractivity contribution in [1.29, 1.82) is 0 Å². The summed E-state index contributed by atoms with van der Waals surface area (Å²) in [5.74, 6) is 1.34. The minimum atomic E-state index is -0.270. The summed E-state index contributed by atoms with van der Waals surface area (Å²) in [5.41, 5.74) is 2.99. The smallest absolute Gasteiger partial charge is 0.274 e. The minimum Gasteiger partial charge on any atom is -0.467 e. The van der Waals surface area contributed by atoms with Crippen LogP contribution in [0.25, 0.3) is 0 Å². The lowest BCUT2D eigenvalue weighted by atomic mass is 10.0. The Balaban J connectivity index is 1.70. The van der Waals surface area contributed by atoms with E-state index in [1.807, 2.05) is 43.3 Å². The second-order valence-corrected chi connectivity index (χ2v) is 6.38. The first-order valence-electron chi connectivity index (χ1n) is 8.54. The minimum absolute atomic E-state index is 0.270. The van der Waals surface area contributed by atoms with Gasteiger partial charge in [-0.15, -0.1) is 0 Å². The molecule has 0 radical (unpaired) electrons. The molecule has 1 amide bonds. The highest BCUT2D eigenvalue weighted by Gasteiger charge is 2.11. The second-order valence-electron chi connectivity index (χ2n) is 6.38. The SMILES string of the molecule is Cc1cc(C(=O)Nc2ccc(C(C)C)cc2)nc(NCc2ccco2)n1. The number of nitrogens with one attached hydrogen (secondary N) is 2. The van der Waals surface area contributed by atoms with Gasteiger partial charge in [-0.1, -0.05) is 26.0 Å². The molecule has 0 bridgehead atoms. The molecule has 0 spiro atoms. The van der Waals surface area contributed by atoms with Crippen molar-refractivity contribution < 1.29 is 9.21 Å². The third-order valence-corrected chi connectivity index (χ3v) is 3.92. The molecule has 1 aromatic carbocycles. The molecule has 0 saturated heterocycles. The summed E-state index contributed by atoms with van der Waals surface area (Å²) in [6, 6.07) is 13.2. The van der Waals surface area contributed by atoms with E-state index >= 15 is 0 Å². The van der Waals surface area contributed by atoms with Crippen LogP contribution >= 0.6 is 0 Å². The van der Waals surface area contributed by atoms with Crippen LogP contribution in [0.3, 0.4) is 0 Å².